The largest absolute Gasteiger partial charge is 0.492 e. The molecule has 2 aromatic carbocycles. The SMILES string of the molecule is Cc1nc(S(=O)(=O)Nc2cc3c(cc2Oc2cccc(OCC(C)N)c2)n(C)c(=O)n3C)cn1C. The Balaban J connectivity index is 1.78. The molecule has 0 aliphatic carbocycles. The Hall–Kier alpha value is -3.77. The van der Waals surface area contributed by atoms with Crippen molar-refractivity contribution in [2.24, 2.45) is 26.9 Å². The molecule has 3 N–H and O–H groups in total. The van der Waals surface area contributed by atoms with Gasteiger partial charge >= 0.3 is 5.69 Å². The zero-order valence-corrected chi connectivity index (χ0v) is 21.0. The van der Waals surface area contributed by atoms with Gasteiger partial charge in [-0.1, -0.05) is 6.07 Å². The van der Waals surface area contributed by atoms with Gasteiger partial charge in [0.1, 0.15) is 23.9 Å². The van der Waals surface area contributed by atoms with Crippen molar-refractivity contribution in [3.05, 3.63) is 58.9 Å². The second kappa shape index (κ2) is 9.12. The van der Waals surface area contributed by atoms with Crippen molar-refractivity contribution in [2.75, 3.05) is 11.3 Å². The van der Waals surface area contributed by atoms with E-state index in [-0.39, 0.29) is 28.2 Å². The maximum atomic E-state index is 13.1. The molecule has 0 radical (unpaired) electrons. The van der Waals surface area contributed by atoms with Gasteiger partial charge in [-0.05, 0) is 32.0 Å². The number of nitrogens with one attached hydrogen (secondary N) is 1. The lowest BCUT2D eigenvalue weighted by atomic mass is 10.2. The lowest BCUT2D eigenvalue weighted by Crippen LogP contribution is -2.23. The molecule has 0 aliphatic rings. The van der Waals surface area contributed by atoms with E-state index < -0.39 is 10.0 Å². The molecule has 4 rings (SSSR count). The molecule has 2 heterocycles. The highest BCUT2D eigenvalue weighted by atomic mass is 32.2. The van der Waals surface area contributed by atoms with Crippen molar-refractivity contribution in [3.8, 4) is 17.2 Å². The summed E-state index contributed by atoms with van der Waals surface area (Å²) in [6.07, 6.45) is 1.42. The van der Waals surface area contributed by atoms with E-state index >= 15 is 0 Å². The zero-order chi connectivity index (χ0) is 25.5. The van der Waals surface area contributed by atoms with Crippen LogP contribution >= 0.6 is 0 Å². The first kappa shape index (κ1) is 24.4. The number of hydrogen-bond acceptors (Lipinski definition) is 7. The second-order valence-electron chi connectivity index (χ2n) is 8.45. The molecule has 2 aromatic heterocycles. The monoisotopic (exact) mass is 500 g/mol. The standard InChI is InChI=1S/C23H28N6O5S/c1-14(24)13-33-16-7-6-8-17(9-16)34-21-11-20-19(28(4)23(30)29(20)5)10-18(21)26-35(31,32)22-12-27(3)15(2)25-22/h6-12,14,26H,13,24H2,1-5H3. The molecule has 0 saturated heterocycles. The molecule has 4 aromatic rings. The summed E-state index contributed by atoms with van der Waals surface area (Å²) in [5.74, 6) is 1.73. The van der Waals surface area contributed by atoms with Crippen LogP contribution in [0.1, 0.15) is 12.7 Å². The highest BCUT2D eigenvalue weighted by molar-refractivity contribution is 7.92. The van der Waals surface area contributed by atoms with E-state index in [4.69, 9.17) is 15.2 Å². The van der Waals surface area contributed by atoms with E-state index in [1.807, 2.05) is 6.92 Å². The number of aromatic nitrogens is 4. The minimum Gasteiger partial charge on any atom is -0.492 e. The lowest BCUT2D eigenvalue weighted by Gasteiger charge is -2.15. The fourth-order valence-corrected chi connectivity index (χ4v) is 4.63. The van der Waals surface area contributed by atoms with Gasteiger partial charge in [0.05, 0.1) is 16.7 Å². The van der Waals surface area contributed by atoms with Crippen molar-refractivity contribution in [1.82, 2.24) is 18.7 Å². The van der Waals surface area contributed by atoms with E-state index in [9.17, 15) is 13.2 Å². The second-order valence-corrected chi connectivity index (χ2v) is 10.1. The van der Waals surface area contributed by atoms with Gasteiger partial charge in [-0.25, -0.2) is 9.78 Å². The van der Waals surface area contributed by atoms with Gasteiger partial charge in [0.25, 0.3) is 10.0 Å². The smallest absolute Gasteiger partial charge is 0.328 e. The molecule has 0 fully saturated rings. The van der Waals surface area contributed by atoms with Gasteiger partial charge in [-0.3, -0.25) is 13.9 Å². The van der Waals surface area contributed by atoms with Crippen LogP contribution in [0.5, 0.6) is 17.2 Å². The fourth-order valence-electron chi connectivity index (χ4n) is 3.53. The number of hydrogen-bond donors (Lipinski definition) is 2. The van der Waals surface area contributed by atoms with Gasteiger partial charge in [-0.2, -0.15) is 8.42 Å². The highest BCUT2D eigenvalue weighted by Gasteiger charge is 2.23. The van der Waals surface area contributed by atoms with Crippen LogP contribution in [0.3, 0.4) is 0 Å². The molecule has 0 aliphatic heterocycles. The Morgan fingerprint density at radius 1 is 1.09 bits per heavy atom. The quantitative estimate of drug-likeness (QED) is 0.379. The number of imidazole rings is 2. The van der Waals surface area contributed by atoms with E-state index in [0.29, 0.717) is 35.0 Å². The molecule has 35 heavy (non-hydrogen) atoms. The number of fused-ring (bicyclic) bond motifs is 1. The minimum atomic E-state index is -4.04. The van der Waals surface area contributed by atoms with E-state index in [1.54, 1.807) is 69.0 Å². The number of nitrogens with zero attached hydrogens (tertiary/aromatic N) is 4. The summed E-state index contributed by atoms with van der Waals surface area (Å²) in [6.45, 7) is 3.87. The van der Waals surface area contributed by atoms with Gasteiger partial charge in [0.2, 0.25) is 0 Å². The van der Waals surface area contributed by atoms with Crippen LogP contribution in [0, 0.1) is 6.92 Å². The summed E-state index contributed by atoms with van der Waals surface area (Å²) in [6, 6.07) is 9.96. The Morgan fingerprint density at radius 2 is 1.74 bits per heavy atom. The Morgan fingerprint density at radius 3 is 2.37 bits per heavy atom. The first-order valence-corrected chi connectivity index (χ1v) is 12.3. The molecule has 0 amide bonds. The predicted octanol–water partition coefficient (Wildman–Crippen LogP) is 2.24. The van der Waals surface area contributed by atoms with Crippen LogP contribution in [-0.4, -0.2) is 39.8 Å². The Kier molecular flexibility index (Phi) is 6.34. The highest BCUT2D eigenvalue weighted by Crippen LogP contribution is 2.35. The third-order valence-electron chi connectivity index (χ3n) is 5.53. The van der Waals surface area contributed by atoms with Crippen molar-refractivity contribution >= 4 is 26.7 Å². The molecule has 11 nitrogen and oxygen atoms in total. The summed E-state index contributed by atoms with van der Waals surface area (Å²) in [5.41, 5.74) is 6.78. The summed E-state index contributed by atoms with van der Waals surface area (Å²) in [5, 5.41) is -0.128. The minimum absolute atomic E-state index is 0.128. The number of rotatable bonds is 8. The normalized spacial score (nSPS) is 12.6. The van der Waals surface area contributed by atoms with Crippen LogP contribution in [0.15, 0.2) is 52.4 Å². The zero-order valence-electron chi connectivity index (χ0n) is 20.1. The van der Waals surface area contributed by atoms with Gasteiger partial charge in [0.15, 0.2) is 10.8 Å². The molecule has 1 unspecified atom stereocenters. The number of ether oxygens (including phenoxy) is 2. The van der Waals surface area contributed by atoms with Crippen LogP contribution in [0.4, 0.5) is 5.69 Å². The van der Waals surface area contributed by atoms with E-state index in [1.165, 1.54) is 15.3 Å². The third kappa shape index (κ3) is 4.88. The summed E-state index contributed by atoms with van der Waals surface area (Å²) < 4.78 is 45.1. The molecule has 0 bridgehead atoms. The number of benzene rings is 2. The summed E-state index contributed by atoms with van der Waals surface area (Å²) in [7, 11) is 0.927. The molecule has 0 spiro atoms. The average Bonchev–Trinajstić information content (AvgIpc) is 3.25. The number of sulfonamides is 1. The topological polar surface area (TPSA) is 135 Å². The van der Waals surface area contributed by atoms with Crippen molar-refractivity contribution in [2.45, 2.75) is 24.9 Å². The number of anilines is 1. The molecule has 0 saturated carbocycles. The average molecular weight is 501 g/mol. The van der Waals surface area contributed by atoms with Crippen LogP contribution < -0.4 is 25.6 Å². The Labute approximate surface area is 202 Å². The van der Waals surface area contributed by atoms with Gasteiger partial charge in [0, 0.05) is 45.5 Å². The van der Waals surface area contributed by atoms with Crippen molar-refractivity contribution in [3.63, 3.8) is 0 Å². The maximum absolute atomic E-state index is 13.1. The number of nitrogens with two attached hydrogens (primary N) is 1. The molecule has 186 valence electrons. The van der Waals surface area contributed by atoms with Gasteiger partial charge < -0.3 is 19.8 Å². The van der Waals surface area contributed by atoms with Crippen LogP contribution in [-0.2, 0) is 31.2 Å². The summed E-state index contributed by atoms with van der Waals surface area (Å²) >= 11 is 0. The molecular formula is C23H28N6O5S. The van der Waals surface area contributed by atoms with E-state index in [2.05, 4.69) is 9.71 Å². The molecular weight excluding hydrogens is 472 g/mol. The summed E-state index contributed by atoms with van der Waals surface area (Å²) in [4.78, 5) is 16.6. The lowest BCUT2D eigenvalue weighted by molar-refractivity contribution is 0.295. The third-order valence-corrected chi connectivity index (χ3v) is 6.76. The first-order valence-electron chi connectivity index (χ1n) is 10.8. The first-order chi connectivity index (χ1) is 16.5. The predicted molar refractivity (Wildman–Crippen MR) is 133 cm³/mol. The van der Waals surface area contributed by atoms with Crippen molar-refractivity contribution < 1.29 is 17.9 Å². The fraction of sp³-hybridized carbons (Fsp3) is 0.304. The Bertz CT molecular complexity index is 1550. The van der Waals surface area contributed by atoms with Crippen LogP contribution in [0.25, 0.3) is 11.0 Å². The van der Waals surface area contributed by atoms with Crippen LogP contribution in [0.2, 0.25) is 0 Å². The number of aryl methyl sites for hydroxylation is 4. The van der Waals surface area contributed by atoms with Gasteiger partial charge in [-0.15, -0.1) is 0 Å². The van der Waals surface area contributed by atoms with Crippen molar-refractivity contribution in [1.29, 1.82) is 0 Å². The van der Waals surface area contributed by atoms with E-state index in [0.717, 1.165) is 0 Å². The molecule has 12 heteroatoms. The maximum Gasteiger partial charge on any atom is 0.328 e. The molecule has 1 atom stereocenters.